The summed E-state index contributed by atoms with van der Waals surface area (Å²) in [5.74, 6) is -0.619. The zero-order valence-electron chi connectivity index (χ0n) is 8.73. The second-order valence-corrected chi connectivity index (χ2v) is 4.24. The highest BCUT2D eigenvalue weighted by Gasteiger charge is 2.14. The van der Waals surface area contributed by atoms with Gasteiger partial charge in [-0.2, -0.15) is 0 Å². The van der Waals surface area contributed by atoms with Crippen molar-refractivity contribution in [2.24, 2.45) is 0 Å². The van der Waals surface area contributed by atoms with Crippen molar-refractivity contribution in [3.63, 3.8) is 0 Å². The molecule has 1 heterocycles. The monoisotopic (exact) mass is 286 g/mol. The van der Waals surface area contributed by atoms with E-state index in [9.17, 15) is 14.5 Å². The smallest absolute Gasteiger partial charge is 0.258 e. The first kappa shape index (κ1) is 12.7. The van der Waals surface area contributed by atoms with Crippen LogP contribution >= 0.6 is 23.2 Å². The van der Waals surface area contributed by atoms with Crippen molar-refractivity contribution in [3.05, 3.63) is 56.4 Å². The predicted octanol–water partition coefficient (Wildman–Crippen LogP) is 4.10. The fourth-order valence-corrected chi connectivity index (χ4v) is 1.79. The van der Waals surface area contributed by atoms with Crippen LogP contribution in [0.1, 0.15) is 0 Å². The summed E-state index contributed by atoms with van der Waals surface area (Å²) < 4.78 is 13.7. The van der Waals surface area contributed by atoms with Gasteiger partial charge in [0.15, 0.2) is 0 Å². The van der Waals surface area contributed by atoms with E-state index in [1.165, 1.54) is 12.1 Å². The first-order valence-electron chi connectivity index (χ1n) is 4.75. The highest BCUT2D eigenvalue weighted by Crippen LogP contribution is 2.28. The van der Waals surface area contributed by atoms with E-state index in [-0.39, 0.29) is 27.1 Å². The Bertz CT molecular complexity index is 634. The quantitative estimate of drug-likeness (QED) is 0.474. The lowest BCUT2D eigenvalue weighted by atomic mass is 10.1. The van der Waals surface area contributed by atoms with Crippen LogP contribution in [0.3, 0.4) is 0 Å². The highest BCUT2D eigenvalue weighted by molar-refractivity contribution is 6.30. The molecule has 18 heavy (non-hydrogen) atoms. The fraction of sp³-hybridized carbons (Fsp3) is 0. The molecule has 0 saturated carbocycles. The summed E-state index contributed by atoms with van der Waals surface area (Å²) >= 11 is 11.3. The van der Waals surface area contributed by atoms with Gasteiger partial charge in [-0.3, -0.25) is 10.1 Å². The zero-order chi connectivity index (χ0) is 13.3. The second kappa shape index (κ2) is 4.88. The SMILES string of the molecule is O=[N+]([O-])c1cc(Cl)nc(-c2ccc(Cl)cc2F)c1. The standard InChI is InChI=1S/C11H5Cl2FN2O2/c12-6-1-2-8(9(14)3-6)10-4-7(16(17)18)5-11(13)15-10/h1-5H. The maximum absolute atomic E-state index is 13.7. The van der Waals surface area contributed by atoms with Crippen LogP contribution < -0.4 is 0 Å². The molecular formula is C11H5Cl2FN2O2. The Hall–Kier alpha value is -1.72. The molecule has 2 aromatic rings. The Morgan fingerprint density at radius 2 is 1.94 bits per heavy atom. The lowest BCUT2D eigenvalue weighted by molar-refractivity contribution is -0.384. The molecule has 0 bridgehead atoms. The third-order valence-corrected chi connectivity index (χ3v) is 2.63. The van der Waals surface area contributed by atoms with Crippen LogP contribution in [0, 0.1) is 15.9 Å². The van der Waals surface area contributed by atoms with Gasteiger partial charge in [-0.15, -0.1) is 0 Å². The van der Waals surface area contributed by atoms with Gasteiger partial charge in [-0.05, 0) is 18.2 Å². The fourth-order valence-electron chi connectivity index (χ4n) is 1.42. The number of aromatic nitrogens is 1. The van der Waals surface area contributed by atoms with Crippen molar-refractivity contribution in [2.45, 2.75) is 0 Å². The van der Waals surface area contributed by atoms with E-state index in [1.807, 2.05) is 0 Å². The van der Waals surface area contributed by atoms with Crippen molar-refractivity contribution < 1.29 is 9.31 Å². The summed E-state index contributed by atoms with van der Waals surface area (Å²) in [4.78, 5) is 13.9. The molecular weight excluding hydrogens is 282 g/mol. The van der Waals surface area contributed by atoms with Crippen LogP contribution in [-0.2, 0) is 0 Å². The Balaban J connectivity index is 2.60. The number of halogens is 3. The molecule has 0 radical (unpaired) electrons. The van der Waals surface area contributed by atoms with Crippen molar-refractivity contribution in [2.75, 3.05) is 0 Å². The Kier molecular flexibility index (Phi) is 3.45. The second-order valence-electron chi connectivity index (χ2n) is 3.41. The van der Waals surface area contributed by atoms with Crippen LogP contribution in [0.15, 0.2) is 30.3 Å². The number of rotatable bonds is 2. The summed E-state index contributed by atoms with van der Waals surface area (Å²) in [5, 5.41) is 10.8. The van der Waals surface area contributed by atoms with Gasteiger partial charge in [0.2, 0.25) is 0 Å². The molecule has 0 unspecified atom stereocenters. The zero-order valence-corrected chi connectivity index (χ0v) is 10.2. The lowest BCUT2D eigenvalue weighted by Crippen LogP contribution is -1.93. The van der Waals surface area contributed by atoms with Gasteiger partial charge in [0.25, 0.3) is 5.69 Å². The van der Waals surface area contributed by atoms with E-state index in [0.717, 1.165) is 18.2 Å². The summed E-state index contributed by atoms with van der Waals surface area (Å²) in [5.41, 5.74) is -0.0623. The van der Waals surface area contributed by atoms with Gasteiger partial charge in [0, 0.05) is 16.7 Å². The third kappa shape index (κ3) is 2.57. The number of nitrogens with zero attached hydrogens (tertiary/aromatic N) is 2. The predicted molar refractivity (Wildman–Crippen MR) is 66.3 cm³/mol. The molecule has 0 N–H and O–H groups in total. The van der Waals surface area contributed by atoms with E-state index in [4.69, 9.17) is 23.2 Å². The molecule has 0 spiro atoms. The van der Waals surface area contributed by atoms with E-state index in [0.29, 0.717) is 0 Å². The Morgan fingerprint density at radius 3 is 2.56 bits per heavy atom. The number of benzene rings is 1. The average Bonchev–Trinajstić information content (AvgIpc) is 2.27. The van der Waals surface area contributed by atoms with E-state index < -0.39 is 10.7 Å². The Labute approximate surface area is 111 Å². The van der Waals surface area contributed by atoms with Crippen LogP contribution in [-0.4, -0.2) is 9.91 Å². The Morgan fingerprint density at radius 1 is 1.22 bits per heavy atom. The topological polar surface area (TPSA) is 56.0 Å². The van der Waals surface area contributed by atoms with Gasteiger partial charge >= 0.3 is 0 Å². The number of hydrogen-bond acceptors (Lipinski definition) is 3. The summed E-state index contributed by atoms with van der Waals surface area (Å²) in [6, 6.07) is 6.21. The van der Waals surface area contributed by atoms with Crippen molar-refractivity contribution >= 4 is 28.9 Å². The minimum atomic E-state index is -0.620. The summed E-state index contributed by atoms with van der Waals surface area (Å²) in [6.45, 7) is 0. The van der Waals surface area contributed by atoms with E-state index >= 15 is 0 Å². The van der Waals surface area contributed by atoms with Gasteiger partial charge in [0.1, 0.15) is 11.0 Å². The molecule has 92 valence electrons. The largest absolute Gasteiger partial charge is 0.274 e. The van der Waals surface area contributed by atoms with E-state index in [2.05, 4.69) is 4.98 Å². The first-order valence-corrected chi connectivity index (χ1v) is 5.50. The van der Waals surface area contributed by atoms with Crippen LogP contribution in [0.4, 0.5) is 10.1 Å². The molecule has 0 amide bonds. The minimum Gasteiger partial charge on any atom is -0.258 e. The summed E-state index contributed by atoms with van der Waals surface area (Å²) in [7, 11) is 0. The molecule has 0 saturated heterocycles. The molecule has 2 rings (SSSR count). The summed E-state index contributed by atoms with van der Waals surface area (Å²) in [6.07, 6.45) is 0. The molecule has 0 aliphatic rings. The maximum atomic E-state index is 13.7. The number of hydrogen-bond donors (Lipinski definition) is 0. The highest BCUT2D eigenvalue weighted by atomic mass is 35.5. The van der Waals surface area contributed by atoms with Crippen molar-refractivity contribution in [1.29, 1.82) is 0 Å². The molecule has 7 heteroatoms. The molecule has 1 aromatic carbocycles. The molecule has 0 aliphatic carbocycles. The maximum Gasteiger partial charge on any atom is 0.274 e. The van der Waals surface area contributed by atoms with E-state index in [1.54, 1.807) is 0 Å². The molecule has 0 atom stereocenters. The normalized spacial score (nSPS) is 10.4. The number of pyridine rings is 1. The van der Waals surface area contributed by atoms with Crippen LogP contribution in [0.5, 0.6) is 0 Å². The molecule has 1 aromatic heterocycles. The van der Waals surface area contributed by atoms with Gasteiger partial charge in [0.05, 0.1) is 16.7 Å². The van der Waals surface area contributed by atoms with Gasteiger partial charge in [-0.25, -0.2) is 9.37 Å². The van der Waals surface area contributed by atoms with Gasteiger partial charge in [-0.1, -0.05) is 23.2 Å². The molecule has 0 aliphatic heterocycles. The number of nitro groups is 1. The first-order chi connectivity index (χ1) is 8.47. The van der Waals surface area contributed by atoms with Crippen molar-refractivity contribution in [1.82, 2.24) is 4.98 Å². The lowest BCUT2D eigenvalue weighted by Gasteiger charge is -2.03. The van der Waals surface area contributed by atoms with Crippen molar-refractivity contribution in [3.8, 4) is 11.3 Å². The third-order valence-electron chi connectivity index (χ3n) is 2.20. The average molecular weight is 287 g/mol. The van der Waals surface area contributed by atoms with Crippen LogP contribution in [0.25, 0.3) is 11.3 Å². The molecule has 4 nitrogen and oxygen atoms in total. The minimum absolute atomic E-state index is 0.0754. The van der Waals surface area contributed by atoms with Gasteiger partial charge < -0.3 is 0 Å². The van der Waals surface area contributed by atoms with Crippen LogP contribution in [0.2, 0.25) is 10.2 Å². The molecule has 0 fully saturated rings.